The highest BCUT2D eigenvalue weighted by molar-refractivity contribution is 5.83. The van der Waals surface area contributed by atoms with Crippen molar-refractivity contribution in [3.05, 3.63) is 58.4 Å². The van der Waals surface area contributed by atoms with E-state index in [1.807, 2.05) is 30.4 Å². The van der Waals surface area contributed by atoms with Gasteiger partial charge in [-0.2, -0.15) is 0 Å². The van der Waals surface area contributed by atoms with Crippen molar-refractivity contribution in [2.45, 2.75) is 46.1 Å². The molecule has 3 rings (SSSR count). The van der Waals surface area contributed by atoms with E-state index in [0.717, 1.165) is 39.1 Å². The van der Waals surface area contributed by atoms with Crippen molar-refractivity contribution in [1.29, 1.82) is 0 Å². The fourth-order valence-electron chi connectivity index (χ4n) is 3.40. The molecule has 0 saturated heterocycles. The van der Waals surface area contributed by atoms with Crippen molar-refractivity contribution < 1.29 is 14.2 Å². The van der Waals surface area contributed by atoms with E-state index in [2.05, 4.69) is 13.8 Å². The van der Waals surface area contributed by atoms with Crippen LogP contribution in [0.1, 0.15) is 42.5 Å². The molecule has 0 heterocycles. The lowest BCUT2D eigenvalue weighted by Crippen LogP contribution is -2.21. The van der Waals surface area contributed by atoms with Gasteiger partial charge in [-0.3, -0.25) is 0 Å². The second-order valence-electron chi connectivity index (χ2n) is 7.44. The lowest BCUT2D eigenvalue weighted by Gasteiger charge is -2.19. The maximum Gasteiger partial charge on any atom is 0.127 e. The van der Waals surface area contributed by atoms with E-state index in [-0.39, 0.29) is 5.82 Å². The SMILES string of the molecule is Cc1cc(OCCC(C)(C)O)cc(C)c1-c1ccc(F)c2c1C=CC2. The maximum absolute atomic E-state index is 14.0. The maximum atomic E-state index is 14.0. The van der Waals surface area contributed by atoms with Gasteiger partial charge in [-0.1, -0.05) is 18.2 Å². The van der Waals surface area contributed by atoms with Gasteiger partial charge in [-0.05, 0) is 85.7 Å². The fraction of sp³-hybridized carbons (Fsp3) is 0.364. The third kappa shape index (κ3) is 3.77. The normalized spacial score (nSPS) is 13.2. The molecule has 0 saturated carbocycles. The molecule has 0 unspecified atom stereocenters. The molecule has 1 aliphatic carbocycles. The Balaban J connectivity index is 1.92. The Bertz CT molecular complexity index is 806. The third-order valence-electron chi connectivity index (χ3n) is 4.66. The summed E-state index contributed by atoms with van der Waals surface area (Å²) in [7, 11) is 0. The Morgan fingerprint density at radius 2 is 1.84 bits per heavy atom. The van der Waals surface area contributed by atoms with Crippen molar-refractivity contribution in [3.8, 4) is 16.9 Å². The Hall–Kier alpha value is -2.13. The van der Waals surface area contributed by atoms with E-state index >= 15 is 0 Å². The molecule has 25 heavy (non-hydrogen) atoms. The molecule has 0 bridgehead atoms. The van der Waals surface area contributed by atoms with E-state index in [1.54, 1.807) is 19.9 Å². The van der Waals surface area contributed by atoms with Crippen LogP contribution < -0.4 is 4.74 Å². The molecule has 1 N–H and O–H groups in total. The number of aryl methyl sites for hydroxylation is 2. The number of aliphatic hydroxyl groups is 1. The fourth-order valence-corrected chi connectivity index (χ4v) is 3.40. The van der Waals surface area contributed by atoms with Crippen LogP contribution in [0.4, 0.5) is 4.39 Å². The highest BCUT2D eigenvalue weighted by Gasteiger charge is 2.19. The molecule has 3 heteroatoms. The van der Waals surface area contributed by atoms with Crippen molar-refractivity contribution in [2.75, 3.05) is 6.61 Å². The third-order valence-corrected chi connectivity index (χ3v) is 4.66. The predicted molar refractivity (Wildman–Crippen MR) is 100 cm³/mol. The molecule has 0 fully saturated rings. The van der Waals surface area contributed by atoms with Crippen molar-refractivity contribution in [1.82, 2.24) is 0 Å². The number of hydrogen-bond donors (Lipinski definition) is 1. The molecular formula is C22H25FO2. The van der Waals surface area contributed by atoms with Crippen LogP contribution in [-0.4, -0.2) is 17.3 Å². The van der Waals surface area contributed by atoms with Gasteiger partial charge in [0.1, 0.15) is 11.6 Å². The number of benzene rings is 2. The van der Waals surface area contributed by atoms with E-state index < -0.39 is 5.60 Å². The van der Waals surface area contributed by atoms with Crippen LogP contribution in [0.5, 0.6) is 5.75 Å². The summed E-state index contributed by atoms with van der Waals surface area (Å²) in [4.78, 5) is 0. The van der Waals surface area contributed by atoms with Crippen LogP contribution in [0, 0.1) is 19.7 Å². The largest absolute Gasteiger partial charge is 0.493 e. The molecule has 0 atom stereocenters. The minimum atomic E-state index is -0.731. The molecule has 2 aromatic rings. The molecule has 2 nitrogen and oxygen atoms in total. The van der Waals surface area contributed by atoms with E-state index in [0.29, 0.717) is 19.4 Å². The highest BCUT2D eigenvalue weighted by Crippen LogP contribution is 2.37. The van der Waals surface area contributed by atoms with Gasteiger partial charge in [0.15, 0.2) is 0 Å². The molecule has 132 valence electrons. The van der Waals surface area contributed by atoms with Crippen molar-refractivity contribution in [2.24, 2.45) is 0 Å². The van der Waals surface area contributed by atoms with Gasteiger partial charge < -0.3 is 9.84 Å². The number of hydrogen-bond acceptors (Lipinski definition) is 2. The molecule has 0 radical (unpaired) electrons. The zero-order valence-corrected chi connectivity index (χ0v) is 15.3. The van der Waals surface area contributed by atoms with Gasteiger partial charge in [0.05, 0.1) is 12.2 Å². The quantitative estimate of drug-likeness (QED) is 0.809. The summed E-state index contributed by atoms with van der Waals surface area (Å²) in [5.41, 5.74) is 5.45. The molecule has 2 aromatic carbocycles. The molecule has 1 aliphatic rings. The molecular weight excluding hydrogens is 315 g/mol. The molecule has 0 amide bonds. The molecule has 0 aromatic heterocycles. The highest BCUT2D eigenvalue weighted by atomic mass is 19.1. The minimum absolute atomic E-state index is 0.134. The Morgan fingerprint density at radius 3 is 2.48 bits per heavy atom. The number of ether oxygens (including phenoxy) is 1. The van der Waals surface area contributed by atoms with E-state index in [4.69, 9.17) is 4.74 Å². The topological polar surface area (TPSA) is 29.5 Å². The first-order valence-electron chi connectivity index (χ1n) is 8.71. The zero-order valence-electron chi connectivity index (χ0n) is 15.3. The summed E-state index contributed by atoms with van der Waals surface area (Å²) < 4.78 is 19.8. The van der Waals surface area contributed by atoms with Crippen LogP contribution in [0.2, 0.25) is 0 Å². The lowest BCUT2D eigenvalue weighted by molar-refractivity contribution is 0.0553. The van der Waals surface area contributed by atoms with Crippen molar-refractivity contribution >= 4 is 6.08 Å². The van der Waals surface area contributed by atoms with Gasteiger partial charge in [0.2, 0.25) is 0 Å². The van der Waals surface area contributed by atoms with Gasteiger partial charge in [0, 0.05) is 6.42 Å². The van der Waals surface area contributed by atoms with Crippen LogP contribution in [0.15, 0.2) is 30.3 Å². The summed E-state index contributed by atoms with van der Waals surface area (Å²) in [6.45, 7) is 8.13. The van der Waals surface area contributed by atoms with Gasteiger partial charge in [-0.15, -0.1) is 0 Å². The van der Waals surface area contributed by atoms with Crippen LogP contribution >= 0.6 is 0 Å². The second kappa shape index (κ2) is 6.64. The summed E-state index contributed by atoms with van der Waals surface area (Å²) in [5, 5.41) is 9.79. The van der Waals surface area contributed by atoms with Crippen molar-refractivity contribution in [3.63, 3.8) is 0 Å². The summed E-state index contributed by atoms with van der Waals surface area (Å²) in [6.07, 6.45) is 5.25. The van der Waals surface area contributed by atoms with Crippen LogP contribution in [-0.2, 0) is 6.42 Å². The van der Waals surface area contributed by atoms with E-state index in [1.165, 1.54) is 0 Å². The number of halogens is 1. The number of allylic oxidation sites excluding steroid dienone is 1. The second-order valence-corrected chi connectivity index (χ2v) is 7.44. The molecule has 0 spiro atoms. The average molecular weight is 340 g/mol. The summed E-state index contributed by atoms with van der Waals surface area (Å²) in [6, 6.07) is 7.46. The standard InChI is InChI=1S/C22H25FO2/c1-14-12-16(25-11-10-22(3,4)24)13-15(2)21(14)19-8-9-20(23)18-7-5-6-17(18)19/h5-6,8-9,12-13,24H,7,10-11H2,1-4H3. The first-order valence-corrected chi connectivity index (χ1v) is 8.71. The Kier molecular flexibility index (Phi) is 4.70. The lowest BCUT2D eigenvalue weighted by atomic mass is 9.90. The van der Waals surface area contributed by atoms with Crippen LogP contribution in [0.3, 0.4) is 0 Å². The molecule has 0 aliphatic heterocycles. The first-order chi connectivity index (χ1) is 11.8. The summed E-state index contributed by atoms with van der Waals surface area (Å²) in [5.74, 6) is 0.669. The van der Waals surface area contributed by atoms with E-state index in [9.17, 15) is 9.50 Å². The predicted octanol–water partition coefficient (Wildman–Crippen LogP) is 5.22. The zero-order chi connectivity index (χ0) is 18.2. The Morgan fingerprint density at radius 1 is 1.16 bits per heavy atom. The Labute approximate surface area is 149 Å². The number of fused-ring (bicyclic) bond motifs is 1. The average Bonchev–Trinajstić information content (AvgIpc) is 2.98. The smallest absolute Gasteiger partial charge is 0.127 e. The van der Waals surface area contributed by atoms with Gasteiger partial charge in [-0.25, -0.2) is 4.39 Å². The first kappa shape index (κ1) is 17.7. The summed E-state index contributed by atoms with van der Waals surface area (Å²) >= 11 is 0. The monoisotopic (exact) mass is 340 g/mol. The van der Waals surface area contributed by atoms with Gasteiger partial charge >= 0.3 is 0 Å². The van der Waals surface area contributed by atoms with Gasteiger partial charge in [0.25, 0.3) is 0 Å². The minimum Gasteiger partial charge on any atom is -0.493 e. The number of rotatable bonds is 5. The van der Waals surface area contributed by atoms with Crippen LogP contribution in [0.25, 0.3) is 17.2 Å².